The van der Waals surface area contributed by atoms with E-state index in [4.69, 9.17) is 11.6 Å². The standard InChI is InChI=1S/C18H16ClNO2/c1-2-18(22)20-16-10-6-14(7-11-16)17(21)12-5-13-3-8-15(19)9-4-13/h3-12H,2H2,1H3,(H,20,22)/b12-5-. The highest BCUT2D eigenvalue weighted by molar-refractivity contribution is 6.30. The van der Waals surface area contributed by atoms with Crippen LogP contribution in [-0.2, 0) is 4.79 Å². The van der Waals surface area contributed by atoms with E-state index in [1.165, 1.54) is 6.08 Å². The van der Waals surface area contributed by atoms with Crippen LogP contribution in [0.5, 0.6) is 0 Å². The minimum atomic E-state index is -0.0941. The minimum absolute atomic E-state index is 0.0540. The molecule has 0 unspecified atom stereocenters. The predicted molar refractivity (Wildman–Crippen MR) is 90.2 cm³/mol. The fraction of sp³-hybridized carbons (Fsp3) is 0.111. The Morgan fingerprint density at radius 2 is 1.68 bits per heavy atom. The van der Waals surface area contributed by atoms with E-state index in [9.17, 15) is 9.59 Å². The summed E-state index contributed by atoms with van der Waals surface area (Å²) in [6.07, 6.45) is 3.68. The predicted octanol–water partition coefficient (Wildman–Crippen LogP) is 4.58. The first kappa shape index (κ1) is 16.0. The molecular formula is C18H16ClNO2. The van der Waals surface area contributed by atoms with E-state index in [0.717, 1.165) is 5.56 Å². The van der Waals surface area contributed by atoms with E-state index in [1.54, 1.807) is 49.4 Å². The fourth-order valence-electron chi connectivity index (χ4n) is 1.81. The maximum Gasteiger partial charge on any atom is 0.224 e. The normalized spacial score (nSPS) is 10.6. The molecule has 0 radical (unpaired) electrons. The van der Waals surface area contributed by atoms with Crippen molar-refractivity contribution in [3.8, 4) is 0 Å². The van der Waals surface area contributed by atoms with Gasteiger partial charge in [0, 0.05) is 22.7 Å². The molecule has 2 rings (SSSR count). The van der Waals surface area contributed by atoms with Crippen LogP contribution >= 0.6 is 11.6 Å². The van der Waals surface area contributed by atoms with Crippen LogP contribution in [0.4, 0.5) is 5.69 Å². The zero-order valence-corrected chi connectivity index (χ0v) is 12.9. The molecule has 0 spiro atoms. The molecule has 2 aromatic carbocycles. The van der Waals surface area contributed by atoms with E-state index in [1.807, 2.05) is 12.1 Å². The molecular weight excluding hydrogens is 298 g/mol. The van der Waals surface area contributed by atoms with Crippen molar-refractivity contribution in [2.75, 3.05) is 5.32 Å². The van der Waals surface area contributed by atoms with Gasteiger partial charge in [0.15, 0.2) is 5.78 Å². The summed E-state index contributed by atoms with van der Waals surface area (Å²) >= 11 is 5.81. The quantitative estimate of drug-likeness (QED) is 0.648. The van der Waals surface area contributed by atoms with E-state index in [-0.39, 0.29) is 11.7 Å². The number of nitrogens with one attached hydrogen (secondary N) is 1. The summed E-state index contributed by atoms with van der Waals surface area (Å²) in [6, 6.07) is 14.1. The van der Waals surface area contributed by atoms with Gasteiger partial charge >= 0.3 is 0 Å². The number of hydrogen-bond donors (Lipinski definition) is 1. The van der Waals surface area contributed by atoms with Gasteiger partial charge < -0.3 is 5.32 Å². The Hall–Kier alpha value is -2.39. The van der Waals surface area contributed by atoms with E-state index in [0.29, 0.717) is 22.7 Å². The fourth-order valence-corrected chi connectivity index (χ4v) is 1.94. The van der Waals surface area contributed by atoms with Gasteiger partial charge in [-0.2, -0.15) is 0 Å². The van der Waals surface area contributed by atoms with Gasteiger partial charge in [-0.25, -0.2) is 0 Å². The van der Waals surface area contributed by atoms with Crippen molar-refractivity contribution in [2.24, 2.45) is 0 Å². The van der Waals surface area contributed by atoms with Crippen molar-refractivity contribution in [1.29, 1.82) is 0 Å². The lowest BCUT2D eigenvalue weighted by atomic mass is 10.1. The SMILES string of the molecule is CCC(=O)Nc1ccc(C(=O)/C=C\c2ccc(Cl)cc2)cc1. The van der Waals surface area contributed by atoms with Crippen molar-refractivity contribution >= 4 is 35.1 Å². The molecule has 0 aliphatic rings. The van der Waals surface area contributed by atoms with Crippen molar-refractivity contribution < 1.29 is 9.59 Å². The monoisotopic (exact) mass is 313 g/mol. The van der Waals surface area contributed by atoms with Gasteiger partial charge in [0.25, 0.3) is 0 Å². The second-order valence-electron chi connectivity index (χ2n) is 4.73. The Kier molecular flexibility index (Phi) is 5.50. The molecule has 0 aromatic heterocycles. The molecule has 0 atom stereocenters. The molecule has 2 aromatic rings. The second-order valence-corrected chi connectivity index (χ2v) is 5.16. The molecule has 0 aliphatic carbocycles. The third-order valence-electron chi connectivity index (χ3n) is 3.07. The highest BCUT2D eigenvalue weighted by Gasteiger charge is 2.03. The number of hydrogen-bond acceptors (Lipinski definition) is 2. The van der Waals surface area contributed by atoms with Gasteiger partial charge in [0.05, 0.1) is 0 Å². The largest absolute Gasteiger partial charge is 0.326 e. The second kappa shape index (κ2) is 7.57. The first-order chi connectivity index (χ1) is 10.6. The number of anilines is 1. The number of halogens is 1. The summed E-state index contributed by atoms with van der Waals surface area (Å²) in [4.78, 5) is 23.4. The number of ketones is 1. The van der Waals surface area contributed by atoms with E-state index >= 15 is 0 Å². The highest BCUT2D eigenvalue weighted by atomic mass is 35.5. The van der Waals surface area contributed by atoms with E-state index < -0.39 is 0 Å². The summed E-state index contributed by atoms with van der Waals surface area (Å²) in [5.41, 5.74) is 2.16. The van der Waals surface area contributed by atoms with Gasteiger partial charge in [0.1, 0.15) is 0 Å². The van der Waals surface area contributed by atoms with Crippen LogP contribution in [0.15, 0.2) is 54.6 Å². The lowest BCUT2D eigenvalue weighted by molar-refractivity contribution is -0.115. The minimum Gasteiger partial charge on any atom is -0.326 e. The first-order valence-corrected chi connectivity index (χ1v) is 7.34. The van der Waals surface area contributed by atoms with Gasteiger partial charge in [-0.15, -0.1) is 0 Å². The molecule has 1 N–H and O–H groups in total. The van der Waals surface area contributed by atoms with Gasteiger partial charge in [0.2, 0.25) is 5.91 Å². The number of carbonyl (C=O) groups is 2. The molecule has 3 nitrogen and oxygen atoms in total. The number of benzene rings is 2. The van der Waals surface area contributed by atoms with Crippen LogP contribution < -0.4 is 5.32 Å². The number of carbonyl (C=O) groups excluding carboxylic acids is 2. The molecule has 0 fully saturated rings. The van der Waals surface area contributed by atoms with Gasteiger partial charge in [-0.05, 0) is 48.0 Å². The Morgan fingerprint density at radius 1 is 1.05 bits per heavy atom. The molecule has 4 heteroatoms. The molecule has 0 bridgehead atoms. The van der Waals surface area contributed by atoms with Crippen LogP contribution in [-0.4, -0.2) is 11.7 Å². The molecule has 0 saturated carbocycles. The Labute approximate surface area is 134 Å². The van der Waals surface area contributed by atoms with Gasteiger partial charge in [-0.3, -0.25) is 9.59 Å². The average molecular weight is 314 g/mol. The third kappa shape index (κ3) is 4.57. The number of allylic oxidation sites excluding steroid dienone is 1. The third-order valence-corrected chi connectivity index (χ3v) is 3.32. The smallest absolute Gasteiger partial charge is 0.224 e. The van der Waals surface area contributed by atoms with Crippen molar-refractivity contribution in [3.05, 3.63) is 70.8 Å². The summed E-state index contributed by atoms with van der Waals surface area (Å²) in [5, 5.41) is 3.40. The molecule has 22 heavy (non-hydrogen) atoms. The van der Waals surface area contributed by atoms with E-state index in [2.05, 4.69) is 5.32 Å². The maximum absolute atomic E-state index is 12.1. The Balaban J connectivity index is 2.03. The van der Waals surface area contributed by atoms with Crippen LogP contribution in [0.2, 0.25) is 5.02 Å². The first-order valence-electron chi connectivity index (χ1n) is 6.96. The highest BCUT2D eigenvalue weighted by Crippen LogP contribution is 2.13. The molecule has 0 aliphatic heterocycles. The lowest BCUT2D eigenvalue weighted by Gasteiger charge is -2.03. The van der Waals surface area contributed by atoms with Crippen LogP contribution in [0.3, 0.4) is 0 Å². The maximum atomic E-state index is 12.1. The topological polar surface area (TPSA) is 46.2 Å². The zero-order chi connectivity index (χ0) is 15.9. The summed E-state index contributed by atoms with van der Waals surface area (Å²) in [6.45, 7) is 1.79. The van der Waals surface area contributed by atoms with Crippen molar-refractivity contribution in [1.82, 2.24) is 0 Å². The molecule has 0 saturated heterocycles. The van der Waals surface area contributed by atoms with Gasteiger partial charge in [-0.1, -0.05) is 36.7 Å². The van der Waals surface area contributed by atoms with Crippen LogP contribution in [0, 0.1) is 0 Å². The molecule has 0 heterocycles. The Morgan fingerprint density at radius 3 is 2.27 bits per heavy atom. The molecule has 1 amide bonds. The number of rotatable bonds is 5. The summed E-state index contributed by atoms with van der Waals surface area (Å²) in [7, 11) is 0. The molecule has 112 valence electrons. The van der Waals surface area contributed by atoms with Crippen molar-refractivity contribution in [3.63, 3.8) is 0 Å². The zero-order valence-electron chi connectivity index (χ0n) is 12.2. The van der Waals surface area contributed by atoms with Crippen LogP contribution in [0.25, 0.3) is 6.08 Å². The van der Waals surface area contributed by atoms with Crippen molar-refractivity contribution in [2.45, 2.75) is 13.3 Å². The lowest BCUT2D eigenvalue weighted by Crippen LogP contribution is -2.09. The summed E-state index contributed by atoms with van der Waals surface area (Å²) in [5.74, 6) is -0.148. The summed E-state index contributed by atoms with van der Waals surface area (Å²) < 4.78 is 0. The average Bonchev–Trinajstić information content (AvgIpc) is 2.54. The number of amides is 1. The Bertz CT molecular complexity index is 688. The van der Waals surface area contributed by atoms with Crippen LogP contribution in [0.1, 0.15) is 29.3 Å².